The highest BCUT2D eigenvalue weighted by atomic mass is 16.1. The largest absolute Gasteiger partial charge is 0.355 e. The lowest BCUT2D eigenvalue weighted by Gasteiger charge is -2.21. The summed E-state index contributed by atoms with van der Waals surface area (Å²) in [6.45, 7) is 1.91. The maximum atomic E-state index is 11.8. The van der Waals surface area contributed by atoms with E-state index in [4.69, 9.17) is 0 Å². The molecule has 110 valence electrons. The van der Waals surface area contributed by atoms with Gasteiger partial charge < -0.3 is 10.6 Å². The predicted molar refractivity (Wildman–Crippen MR) is 79.0 cm³/mol. The highest BCUT2D eigenvalue weighted by molar-refractivity contribution is 5.75. The van der Waals surface area contributed by atoms with E-state index in [2.05, 4.69) is 10.6 Å². The first kappa shape index (κ1) is 14.8. The van der Waals surface area contributed by atoms with Gasteiger partial charge in [-0.15, -0.1) is 0 Å². The fraction of sp³-hybridized carbons (Fsp3) is 0.938. The molecule has 3 nitrogen and oxygen atoms in total. The van der Waals surface area contributed by atoms with Crippen LogP contribution < -0.4 is 10.6 Å². The summed E-state index contributed by atoms with van der Waals surface area (Å²) in [7, 11) is 1.99. The maximum Gasteiger partial charge on any atom is 0.220 e. The second-order valence-electron chi connectivity index (χ2n) is 6.70. The second-order valence-corrected chi connectivity index (χ2v) is 6.70. The van der Waals surface area contributed by atoms with Crippen molar-refractivity contribution >= 4 is 5.91 Å². The summed E-state index contributed by atoms with van der Waals surface area (Å²) in [6, 6.07) is 0. The van der Waals surface area contributed by atoms with E-state index in [9.17, 15) is 4.79 Å². The van der Waals surface area contributed by atoms with Crippen LogP contribution in [-0.2, 0) is 4.79 Å². The lowest BCUT2D eigenvalue weighted by molar-refractivity contribution is -0.121. The van der Waals surface area contributed by atoms with Crippen LogP contribution in [0.4, 0.5) is 0 Å². The standard InChI is InChI=1S/C16H30N2O/c1-17-12-16(10-11-16)13-18-15(19)9-5-8-14-6-3-2-4-7-14/h14,17H,2-13H2,1H3,(H,18,19). The average molecular weight is 266 g/mol. The highest BCUT2D eigenvalue weighted by Crippen LogP contribution is 2.44. The smallest absolute Gasteiger partial charge is 0.220 e. The molecule has 2 aliphatic carbocycles. The Bertz CT molecular complexity index is 280. The molecule has 0 saturated heterocycles. The van der Waals surface area contributed by atoms with E-state index in [1.165, 1.54) is 51.4 Å². The van der Waals surface area contributed by atoms with Gasteiger partial charge in [0, 0.05) is 24.9 Å². The van der Waals surface area contributed by atoms with E-state index < -0.39 is 0 Å². The molecule has 0 bridgehead atoms. The van der Waals surface area contributed by atoms with Gasteiger partial charge in [0.2, 0.25) is 5.91 Å². The molecule has 2 aliphatic rings. The first-order valence-electron chi connectivity index (χ1n) is 8.15. The summed E-state index contributed by atoms with van der Waals surface area (Å²) >= 11 is 0. The monoisotopic (exact) mass is 266 g/mol. The van der Waals surface area contributed by atoms with Crippen molar-refractivity contribution in [3.8, 4) is 0 Å². The van der Waals surface area contributed by atoms with Crippen LogP contribution in [0.3, 0.4) is 0 Å². The molecule has 2 rings (SSSR count). The fourth-order valence-electron chi connectivity index (χ4n) is 3.37. The van der Waals surface area contributed by atoms with Crippen molar-refractivity contribution < 1.29 is 4.79 Å². The van der Waals surface area contributed by atoms with E-state index >= 15 is 0 Å². The molecule has 0 radical (unpaired) electrons. The predicted octanol–water partition coefficient (Wildman–Crippen LogP) is 2.85. The second kappa shape index (κ2) is 7.28. The summed E-state index contributed by atoms with van der Waals surface area (Å²) in [5, 5.41) is 6.36. The number of rotatable bonds is 8. The van der Waals surface area contributed by atoms with E-state index in [1.54, 1.807) is 0 Å². The van der Waals surface area contributed by atoms with Crippen LogP contribution in [0.25, 0.3) is 0 Å². The molecule has 2 saturated carbocycles. The Labute approximate surface area is 117 Å². The number of hydrogen-bond acceptors (Lipinski definition) is 2. The van der Waals surface area contributed by atoms with Crippen LogP contribution >= 0.6 is 0 Å². The molecule has 0 atom stereocenters. The van der Waals surface area contributed by atoms with Crippen molar-refractivity contribution in [1.82, 2.24) is 10.6 Å². The van der Waals surface area contributed by atoms with Gasteiger partial charge >= 0.3 is 0 Å². The molecule has 0 heterocycles. The molecule has 2 N–H and O–H groups in total. The van der Waals surface area contributed by atoms with Gasteiger partial charge in [0.15, 0.2) is 0 Å². The van der Waals surface area contributed by atoms with Crippen molar-refractivity contribution in [2.24, 2.45) is 11.3 Å². The minimum atomic E-state index is 0.262. The minimum absolute atomic E-state index is 0.262. The molecule has 0 aromatic heterocycles. The number of carbonyl (C=O) groups excluding carboxylic acids is 1. The van der Waals surface area contributed by atoms with Crippen molar-refractivity contribution in [2.75, 3.05) is 20.1 Å². The highest BCUT2D eigenvalue weighted by Gasteiger charge is 2.41. The summed E-state index contributed by atoms with van der Waals surface area (Å²) in [5.74, 6) is 1.17. The number of hydrogen-bond donors (Lipinski definition) is 2. The molecule has 0 spiro atoms. The number of nitrogens with one attached hydrogen (secondary N) is 2. The zero-order valence-electron chi connectivity index (χ0n) is 12.5. The Balaban J connectivity index is 1.52. The van der Waals surface area contributed by atoms with Gasteiger partial charge in [-0.2, -0.15) is 0 Å². The van der Waals surface area contributed by atoms with Crippen molar-refractivity contribution in [2.45, 2.75) is 64.2 Å². The summed E-state index contributed by atoms with van der Waals surface area (Å²) in [5.41, 5.74) is 0.383. The van der Waals surface area contributed by atoms with Gasteiger partial charge in [0.05, 0.1) is 0 Å². The molecule has 0 aliphatic heterocycles. The van der Waals surface area contributed by atoms with Gasteiger partial charge in [-0.3, -0.25) is 4.79 Å². The Morgan fingerprint density at radius 2 is 1.89 bits per heavy atom. The molecule has 19 heavy (non-hydrogen) atoms. The lowest BCUT2D eigenvalue weighted by atomic mass is 9.86. The number of carbonyl (C=O) groups is 1. The molecule has 3 heteroatoms. The quantitative estimate of drug-likeness (QED) is 0.709. The van der Waals surface area contributed by atoms with E-state index in [-0.39, 0.29) is 5.91 Å². The summed E-state index contributed by atoms with van der Waals surface area (Å²) in [6.07, 6.45) is 12.6. The summed E-state index contributed by atoms with van der Waals surface area (Å²) in [4.78, 5) is 11.8. The van der Waals surface area contributed by atoms with Crippen LogP contribution in [0, 0.1) is 11.3 Å². The van der Waals surface area contributed by atoms with Crippen molar-refractivity contribution in [3.63, 3.8) is 0 Å². The first-order chi connectivity index (χ1) is 9.24. The normalized spacial score (nSPS) is 22.2. The van der Waals surface area contributed by atoms with Crippen LogP contribution in [0.15, 0.2) is 0 Å². The van der Waals surface area contributed by atoms with Gasteiger partial charge in [0.25, 0.3) is 0 Å². The summed E-state index contributed by atoms with van der Waals surface area (Å²) < 4.78 is 0. The van der Waals surface area contributed by atoms with Crippen LogP contribution in [0.5, 0.6) is 0 Å². The topological polar surface area (TPSA) is 41.1 Å². The molecular weight excluding hydrogens is 236 g/mol. The molecule has 0 aromatic rings. The van der Waals surface area contributed by atoms with Gasteiger partial charge in [-0.25, -0.2) is 0 Å². The molecular formula is C16H30N2O. The third-order valence-electron chi connectivity index (χ3n) is 4.91. The lowest BCUT2D eigenvalue weighted by Crippen LogP contribution is -2.34. The van der Waals surface area contributed by atoms with Crippen LogP contribution in [0.1, 0.15) is 64.2 Å². The number of amides is 1. The van der Waals surface area contributed by atoms with Crippen molar-refractivity contribution in [1.29, 1.82) is 0 Å². The zero-order valence-corrected chi connectivity index (χ0v) is 12.5. The fourth-order valence-corrected chi connectivity index (χ4v) is 3.37. The third-order valence-corrected chi connectivity index (χ3v) is 4.91. The van der Waals surface area contributed by atoms with E-state index in [0.29, 0.717) is 5.41 Å². The van der Waals surface area contributed by atoms with Gasteiger partial charge in [-0.1, -0.05) is 32.1 Å². The Hall–Kier alpha value is -0.570. The first-order valence-corrected chi connectivity index (χ1v) is 8.15. The van der Waals surface area contributed by atoms with E-state index in [0.717, 1.165) is 31.8 Å². The van der Waals surface area contributed by atoms with Crippen molar-refractivity contribution in [3.05, 3.63) is 0 Å². The van der Waals surface area contributed by atoms with Crippen LogP contribution in [-0.4, -0.2) is 26.0 Å². The Kier molecular flexibility index (Phi) is 5.68. The SMILES string of the molecule is CNCC1(CNC(=O)CCCC2CCCCC2)CC1. The zero-order chi connectivity index (χ0) is 13.6. The minimum Gasteiger partial charge on any atom is -0.355 e. The third kappa shape index (κ3) is 5.13. The van der Waals surface area contributed by atoms with Gasteiger partial charge in [-0.05, 0) is 38.6 Å². The molecule has 0 aromatic carbocycles. The maximum absolute atomic E-state index is 11.8. The molecule has 2 fully saturated rings. The Morgan fingerprint density at radius 1 is 1.16 bits per heavy atom. The van der Waals surface area contributed by atoms with E-state index in [1.807, 2.05) is 7.05 Å². The average Bonchev–Trinajstić information content (AvgIpc) is 3.19. The van der Waals surface area contributed by atoms with Gasteiger partial charge in [0.1, 0.15) is 0 Å². The molecule has 0 unspecified atom stereocenters. The Morgan fingerprint density at radius 3 is 2.53 bits per heavy atom. The molecule has 1 amide bonds. The van der Waals surface area contributed by atoms with Crippen LogP contribution in [0.2, 0.25) is 0 Å².